The number of aliphatic imine (C=N–C) groups is 1. The molecular weight excluding hydrogens is 243 g/mol. The molecule has 0 heterocycles. The lowest BCUT2D eigenvalue weighted by atomic mass is 10.1. The van der Waals surface area contributed by atoms with E-state index >= 15 is 0 Å². The van der Waals surface area contributed by atoms with E-state index in [0.29, 0.717) is 0 Å². The van der Waals surface area contributed by atoms with Crippen molar-refractivity contribution in [3.63, 3.8) is 0 Å². The summed E-state index contributed by atoms with van der Waals surface area (Å²) in [5.74, 6) is -1.76. The molecule has 18 heavy (non-hydrogen) atoms. The van der Waals surface area contributed by atoms with Gasteiger partial charge in [0.1, 0.15) is 0 Å². The topological polar surface area (TPSA) is 29.4 Å². The Hall–Kier alpha value is -1.65. The lowest BCUT2D eigenvalue weighted by Crippen LogP contribution is -2.24. The van der Waals surface area contributed by atoms with Crippen LogP contribution in [0.4, 0.5) is 13.2 Å². The van der Waals surface area contributed by atoms with Crippen LogP contribution in [0.5, 0.6) is 0 Å². The quantitative estimate of drug-likeness (QED) is 0.759. The van der Waals surface area contributed by atoms with Gasteiger partial charge in [-0.2, -0.15) is 13.2 Å². The summed E-state index contributed by atoms with van der Waals surface area (Å²) in [6, 6.07) is 7.53. The third-order valence-corrected chi connectivity index (χ3v) is 2.38. The van der Waals surface area contributed by atoms with Crippen LogP contribution in [0.25, 0.3) is 0 Å². The van der Waals surface area contributed by atoms with Crippen molar-refractivity contribution in [1.82, 2.24) is 0 Å². The normalized spacial score (nSPS) is 12.6. The molecule has 0 atom stereocenters. The first-order valence-corrected chi connectivity index (χ1v) is 5.44. The van der Waals surface area contributed by atoms with E-state index in [-0.39, 0.29) is 12.3 Å². The van der Waals surface area contributed by atoms with Crippen LogP contribution in [-0.4, -0.2) is 17.7 Å². The molecule has 0 N–H and O–H groups in total. The predicted molar refractivity (Wildman–Crippen MR) is 63.7 cm³/mol. The van der Waals surface area contributed by atoms with Gasteiger partial charge in [0.05, 0.1) is 13.0 Å². The third kappa shape index (κ3) is 4.69. The van der Waals surface area contributed by atoms with Crippen molar-refractivity contribution in [1.29, 1.82) is 0 Å². The van der Waals surface area contributed by atoms with Gasteiger partial charge in [-0.05, 0) is 19.4 Å². The Balaban J connectivity index is 2.57. The number of rotatable bonds is 4. The Morgan fingerprint density at radius 2 is 1.78 bits per heavy atom. The number of nitrogens with zero attached hydrogens (tertiary/aromatic N) is 1. The fourth-order valence-corrected chi connectivity index (χ4v) is 1.31. The summed E-state index contributed by atoms with van der Waals surface area (Å²) in [6.45, 7) is 3.66. The summed E-state index contributed by atoms with van der Waals surface area (Å²) in [4.78, 5) is 14.7. The van der Waals surface area contributed by atoms with Gasteiger partial charge in [-0.3, -0.25) is 9.79 Å². The molecule has 1 rings (SSSR count). The molecule has 0 saturated carbocycles. The average Bonchev–Trinajstić information content (AvgIpc) is 2.27. The second kappa shape index (κ2) is 5.80. The molecule has 1 aromatic carbocycles. The summed E-state index contributed by atoms with van der Waals surface area (Å²) < 4.78 is 36.0. The minimum Gasteiger partial charge on any atom is -0.289 e. The van der Waals surface area contributed by atoms with Crippen LogP contribution in [0.1, 0.15) is 24.5 Å². The molecule has 5 heteroatoms. The van der Waals surface area contributed by atoms with Crippen LogP contribution in [0, 0.1) is 6.92 Å². The van der Waals surface area contributed by atoms with Crippen molar-refractivity contribution >= 4 is 11.5 Å². The smallest absolute Gasteiger partial charge is 0.289 e. The molecule has 0 saturated heterocycles. The van der Waals surface area contributed by atoms with E-state index in [9.17, 15) is 18.0 Å². The third-order valence-electron chi connectivity index (χ3n) is 2.38. The predicted octanol–water partition coefficient (Wildman–Crippen LogP) is 3.48. The Morgan fingerprint density at radius 3 is 2.28 bits per heavy atom. The SMILES string of the molecule is CC(CC(=O)C(F)(F)F)=NCc1ccc(C)cc1. The molecule has 0 aliphatic heterocycles. The monoisotopic (exact) mass is 257 g/mol. The zero-order valence-electron chi connectivity index (χ0n) is 10.2. The van der Waals surface area contributed by atoms with Crippen LogP contribution in [0.2, 0.25) is 0 Å². The van der Waals surface area contributed by atoms with Gasteiger partial charge in [0, 0.05) is 5.71 Å². The second-order valence-corrected chi connectivity index (χ2v) is 4.13. The van der Waals surface area contributed by atoms with E-state index in [4.69, 9.17) is 0 Å². The molecule has 1 aromatic rings. The molecule has 0 radical (unpaired) electrons. The minimum absolute atomic E-state index is 0.193. The van der Waals surface area contributed by atoms with Crippen molar-refractivity contribution in [2.45, 2.75) is 33.0 Å². The lowest BCUT2D eigenvalue weighted by molar-refractivity contribution is -0.169. The summed E-state index contributed by atoms with van der Waals surface area (Å²) in [5.41, 5.74) is 2.20. The second-order valence-electron chi connectivity index (χ2n) is 4.13. The molecule has 0 bridgehead atoms. The van der Waals surface area contributed by atoms with E-state index < -0.39 is 18.4 Å². The first kappa shape index (κ1) is 14.4. The molecule has 0 spiro atoms. The number of halogens is 3. The molecule has 98 valence electrons. The number of Topliss-reactive ketones (excluding diaryl/α,β-unsaturated/α-hetero) is 1. The maximum absolute atomic E-state index is 12.0. The summed E-state index contributed by atoms with van der Waals surface area (Å²) in [6.07, 6.45) is -5.45. The standard InChI is InChI=1S/C13H14F3NO/c1-9-3-5-11(6-4-9)8-17-10(2)7-12(18)13(14,15)16/h3-6H,7-8H2,1-2H3. The van der Waals surface area contributed by atoms with Gasteiger partial charge in [-0.25, -0.2) is 0 Å². The molecule has 2 nitrogen and oxygen atoms in total. The van der Waals surface area contributed by atoms with Gasteiger partial charge in [0.25, 0.3) is 0 Å². The average molecular weight is 257 g/mol. The zero-order valence-corrected chi connectivity index (χ0v) is 10.2. The summed E-state index contributed by atoms with van der Waals surface area (Å²) >= 11 is 0. The zero-order chi connectivity index (χ0) is 13.8. The molecule has 0 amide bonds. The van der Waals surface area contributed by atoms with Gasteiger partial charge in [-0.1, -0.05) is 29.8 Å². The van der Waals surface area contributed by atoms with Crippen molar-refractivity contribution in [2.24, 2.45) is 4.99 Å². The molecule has 0 aromatic heterocycles. The maximum atomic E-state index is 12.0. The fourth-order valence-electron chi connectivity index (χ4n) is 1.31. The number of hydrogen-bond donors (Lipinski definition) is 0. The molecular formula is C13H14F3NO. The number of hydrogen-bond acceptors (Lipinski definition) is 2. The van der Waals surface area contributed by atoms with E-state index in [1.54, 1.807) is 0 Å². The highest BCUT2D eigenvalue weighted by Crippen LogP contribution is 2.18. The number of carbonyl (C=O) groups is 1. The first-order chi connectivity index (χ1) is 8.29. The Morgan fingerprint density at radius 1 is 1.22 bits per heavy atom. The van der Waals surface area contributed by atoms with Crippen LogP contribution in [0.15, 0.2) is 29.3 Å². The molecule has 0 fully saturated rings. The van der Waals surface area contributed by atoms with Crippen LogP contribution in [-0.2, 0) is 11.3 Å². The van der Waals surface area contributed by atoms with Crippen molar-refractivity contribution in [2.75, 3.05) is 0 Å². The van der Waals surface area contributed by atoms with Crippen LogP contribution >= 0.6 is 0 Å². The van der Waals surface area contributed by atoms with E-state index in [1.807, 2.05) is 31.2 Å². The van der Waals surface area contributed by atoms with Gasteiger partial charge in [0.2, 0.25) is 5.78 Å². The van der Waals surface area contributed by atoms with E-state index in [2.05, 4.69) is 4.99 Å². The molecule has 0 aliphatic carbocycles. The van der Waals surface area contributed by atoms with Crippen molar-refractivity contribution in [3.05, 3.63) is 35.4 Å². The number of aryl methyl sites for hydroxylation is 1. The van der Waals surface area contributed by atoms with Gasteiger partial charge >= 0.3 is 6.18 Å². The van der Waals surface area contributed by atoms with E-state index in [1.165, 1.54) is 6.92 Å². The van der Waals surface area contributed by atoms with Gasteiger partial charge < -0.3 is 0 Å². The highest BCUT2D eigenvalue weighted by atomic mass is 19.4. The highest BCUT2D eigenvalue weighted by molar-refractivity contribution is 6.03. The Labute approximate surface area is 104 Å². The Bertz CT molecular complexity index is 446. The number of carbonyl (C=O) groups excluding carboxylic acids is 1. The van der Waals surface area contributed by atoms with E-state index in [0.717, 1.165) is 11.1 Å². The van der Waals surface area contributed by atoms with Crippen LogP contribution < -0.4 is 0 Å². The molecule has 0 unspecified atom stereocenters. The van der Waals surface area contributed by atoms with Crippen LogP contribution in [0.3, 0.4) is 0 Å². The van der Waals surface area contributed by atoms with Gasteiger partial charge in [0.15, 0.2) is 0 Å². The van der Waals surface area contributed by atoms with Crippen molar-refractivity contribution in [3.8, 4) is 0 Å². The minimum atomic E-state index is -4.78. The highest BCUT2D eigenvalue weighted by Gasteiger charge is 2.37. The number of benzene rings is 1. The Kier molecular flexibility index (Phi) is 4.64. The molecule has 0 aliphatic rings. The number of ketones is 1. The summed E-state index contributed by atoms with van der Waals surface area (Å²) in [5, 5.41) is 0. The lowest BCUT2D eigenvalue weighted by Gasteiger charge is -2.05. The maximum Gasteiger partial charge on any atom is 0.450 e. The summed E-state index contributed by atoms with van der Waals surface area (Å²) in [7, 11) is 0. The van der Waals surface area contributed by atoms with Gasteiger partial charge in [-0.15, -0.1) is 0 Å². The largest absolute Gasteiger partial charge is 0.450 e. The number of alkyl halides is 3. The first-order valence-electron chi connectivity index (χ1n) is 5.44. The van der Waals surface area contributed by atoms with Crippen molar-refractivity contribution < 1.29 is 18.0 Å². The fraction of sp³-hybridized carbons (Fsp3) is 0.385.